The van der Waals surface area contributed by atoms with Crippen molar-refractivity contribution in [2.75, 3.05) is 11.4 Å². The molecule has 1 fully saturated rings. The molecule has 0 saturated carbocycles. The summed E-state index contributed by atoms with van der Waals surface area (Å²) >= 11 is 0. The minimum absolute atomic E-state index is 0.0127. The number of urea groups is 1. The van der Waals surface area contributed by atoms with E-state index in [-0.39, 0.29) is 12.5 Å². The van der Waals surface area contributed by atoms with Crippen LogP contribution in [0.4, 0.5) is 10.5 Å². The van der Waals surface area contributed by atoms with E-state index in [1.54, 1.807) is 38.1 Å². The summed E-state index contributed by atoms with van der Waals surface area (Å²) in [4.78, 5) is 35.2. The van der Waals surface area contributed by atoms with E-state index in [1.165, 1.54) is 0 Å². The molecule has 1 heterocycles. The Morgan fingerprint density at radius 1 is 1.26 bits per heavy atom. The minimum Gasteiger partial charge on any atom is -0.481 e. The second-order valence-corrected chi connectivity index (χ2v) is 4.86. The maximum Gasteiger partial charge on any atom is 0.329 e. The van der Waals surface area contributed by atoms with Crippen molar-refractivity contribution in [1.29, 1.82) is 0 Å². The Balaban J connectivity index is 2.31. The largest absolute Gasteiger partial charge is 0.481 e. The molecule has 1 aliphatic rings. The molecule has 3 amide bonds. The maximum absolute atomic E-state index is 11.5. The molecule has 6 nitrogen and oxygen atoms in total. The van der Waals surface area contributed by atoms with Crippen molar-refractivity contribution < 1.29 is 19.5 Å². The highest BCUT2D eigenvalue weighted by atomic mass is 16.4. The molecule has 100 valence electrons. The molecule has 1 aliphatic heterocycles. The number of benzene rings is 1. The number of nitrogens with zero attached hydrogens (tertiary/aromatic N) is 1. The van der Waals surface area contributed by atoms with Crippen LogP contribution in [0.2, 0.25) is 0 Å². The highest BCUT2D eigenvalue weighted by Gasteiger charge is 2.32. The number of imide groups is 1. The van der Waals surface area contributed by atoms with Gasteiger partial charge in [0.05, 0.1) is 17.6 Å². The van der Waals surface area contributed by atoms with Crippen molar-refractivity contribution in [3.05, 3.63) is 29.8 Å². The van der Waals surface area contributed by atoms with E-state index in [0.29, 0.717) is 11.3 Å². The SMILES string of the molecule is CC(C)(C(=O)O)c1ccc(N2C(=O)CNC2=O)cc1. The van der Waals surface area contributed by atoms with Crippen LogP contribution in [-0.4, -0.2) is 29.6 Å². The predicted molar refractivity (Wildman–Crippen MR) is 68.0 cm³/mol. The van der Waals surface area contributed by atoms with Crippen molar-refractivity contribution in [2.24, 2.45) is 0 Å². The number of carboxylic acid groups (broad SMARTS) is 1. The van der Waals surface area contributed by atoms with E-state index in [1.807, 2.05) is 0 Å². The third kappa shape index (κ3) is 2.16. The summed E-state index contributed by atoms with van der Waals surface area (Å²) in [6.07, 6.45) is 0. The van der Waals surface area contributed by atoms with Gasteiger partial charge in [0, 0.05) is 0 Å². The van der Waals surface area contributed by atoms with Crippen molar-refractivity contribution in [1.82, 2.24) is 5.32 Å². The Morgan fingerprint density at radius 3 is 2.26 bits per heavy atom. The molecule has 0 aromatic heterocycles. The summed E-state index contributed by atoms with van der Waals surface area (Å²) in [5.41, 5.74) is 0.0243. The molecule has 0 aliphatic carbocycles. The Hall–Kier alpha value is -2.37. The van der Waals surface area contributed by atoms with Gasteiger partial charge in [0.2, 0.25) is 0 Å². The van der Waals surface area contributed by atoms with Crippen LogP contribution in [0, 0.1) is 0 Å². The summed E-state index contributed by atoms with van der Waals surface area (Å²) in [7, 11) is 0. The molecule has 1 aromatic carbocycles. The number of hydrogen-bond donors (Lipinski definition) is 2. The van der Waals surface area contributed by atoms with Gasteiger partial charge >= 0.3 is 12.0 Å². The fourth-order valence-corrected chi connectivity index (χ4v) is 1.83. The van der Waals surface area contributed by atoms with Gasteiger partial charge in [-0.15, -0.1) is 0 Å². The minimum atomic E-state index is -1.02. The first kappa shape index (κ1) is 13.1. The van der Waals surface area contributed by atoms with Crippen LogP contribution >= 0.6 is 0 Å². The predicted octanol–water partition coefficient (Wildman–Crippen LogP) is 1.10. The number of rotatable bonds is 3. The molecule has 0 unspecified atom stereocenters. The lowest BCUT2D eigenvalue weighted by Gasteiger charge is -2.20. The molecule has 2 rings (SSSR count). The molecule has 6 heteroatoms. The quantitative estimate of drug-likeness (QED) is 0.799. The van der Waals surface area contributed by atoms with Crippen LogP contribution in [0.3, 0.4) is 0 Å². The molecule has 2 N–H and O–H groups in total. The van der Waals surface area contributed by atoms with E-state index >= 15 is 0 Å². The van der Waals surface area contributed by atoms with Gasteiger partial charge in [0.25, 0.3) is 5.91 Å². The van der Waals surface area contributed by atoms with Crippen LogP contribution in [-0.2, 0) is 15.0 Å². The lowest BCUT2D eigenvalue weighted by molar-refractivity contribution is -0.142. The Labute approximate surface area is 110 Å². The summed E-state index contributed by atoms with van der Waals surface area (Å²) in [5, 5.41) is 11.6. The molecule has 0 bridgehead atoms. The highest BCUT2D eigenvalue weighted by molar-refractivity contribution is 6.19. The van der Waals surface area contributed by atoms with E-state index in [2.05, 4.69) is 5.32 Å². The van der Waals surface area contributed by atoms with Gasteiger partial charge in [0.15, 0.2) is 0 Å². The Morgan fingerprint density at radius 2 is 1.84 bits per heavy atom. The monoisotopic (exact) mass is 262 g/mol. The Kier molecular flexibility index (Phi) is 3.01. The fourth-order valence-electron chi connectivity index (χ4n) is 1.83. The number of amides is 3. The maximum atomic E-state index is 11.5. The lowest BCUT2D eigenvalue weighted by Crippen LogP contribution is -2.31. The molecule has 1 aromatic rings. The van der Waals surface area contributed by atoms with Crippen molar-refractivity contribution in [3.63, 3.8) is 0 Å². The van der Waals surface area contributed by atoms with Gasteiger partial charge in [-0.2, -0.15) is 0 Å². The first-order valence-electron chi connectivity index (χ1n) is 5.79. The van der Waals surface area contributed by atoms with Crippen molar-refractivity contribution in [3.8, 4) is 0 Å². The molecular formula is C13H14N2O4. The van der Waals surface area contributed by atoms with E-state index < -0.39 is 17.4 Å². The number of anilines is 1. The van der Waals surface area contributed by atoms with Gasteiger partial charge in [-0.25, -0.2) is 9.69 Å². The van der Waals surface area contributed by atoms with Gasteiger partial charge in [-0.3, -0.25) is 9.59 Å². The molecule has 1 saturated heterocycles. The summed E-state index contributed by atoms with van der Waals surface area (Å²) in [6, 6.07) is 5.91. The second-order valence-electron chi connectivity index (χ2n) is 4.86. The van der Waals surface area contributed by atoms with Crippen LogP contribution in [0.5, 0.6) is 0 Å². The van der Waals surface area contributed by atoms with Crippen LogP contribution in [0.1, 0.15) is 19.4 Å². The average molecular weight is 262 g/mol. The van der Waals surface area contributed by atoms with Crippen LogP contribution in [0.15, 0.2) is 24.3 Å². The first-order valence-corrected chi connectivity index (χ1v) is 5.79. The molecule has 19 heavy (non-hydrogen) atoms. The number of nitrogens with one attached hydrogen (secondary N) is 1. The van der Waals surface area contributed by atoms with Crippen LogP contribution in [0.25, 0.3) is 0 Å². The zero-order valence-corrected chi connectivity index (χ0v) is 10.6. The average Bonchev–Trinajstić information content (AvgIpc) is 2.69. The number of carbonyl (C=O) groups excluding carboxylic acids is 2. The summed E-state index contributed by atoms with van der Waals surface area (Å²) in [6.45, 7) is 3.18. The van der Waals surface area contributed by atoms with Gasteiger partial charge in [-0.1, -0.05) is 12.1 Å². The smallest absolute Gasteiger partial charge is 0.329 e. The van der Waals surface area contributed by atoms with E-state index in [4.69, 9.17) is 5.11 Å². The standard InChI is InChI=1S/C13H14N2O4/c1-13(2,11(17)18)8-3-5-9(6-4-8)15-10(16)7-14-12(15)19/h3-6H,7H2,1-2H3,(H,14,19)(H,17,18). The van der Waals surface area contributed by atoms with Gasteiger partial charge in [0.1, 0.15) is 0 Å². The third-order valence-corrected chi connectivity index (χ3v) is 3.23. The van der Waals surface area contributed by atoms with Crippen LogP contribution < -0.4 is 10.2 Å². The van der Waals surface area contributed by atoms with E-state index in [9.17, 15) is 14.4 Å². The van der Waals surface area contributed by atoms with E-state index in [0.717, 1.165) is 4.90 Å². The summed E-state index contributed by atoms with van der Waals surface area (Å²) < 4.78 is 0. The Bertz CT molecular complexity index is 532. The fraction of sp³-hybridized carbons (Fsp3) is 0.308. The molecular weight excluding hydrogens is 248 g/mol. The zero-order valence-electron chi connectivity index (χ0n) is 10.6. The normalized spacial score (nSPS) is 15.6. The number of carbonyl (C=O) groups is 3. The molecule has 0 spiro atoms. The highest BCUT2D eigenvalue weighted by Crippen LogP contribution is 2.26. The van der Waals surface area contributed by atoms with Crippen molar-refractivity contribution >= 4 is 23.6 Å². The summed E-state index contributed by atoms with van der Waals surface area (Å²) in [5.74, 6) is -1.26. The van der Waals surface area contributed by atoms with Gasteiger partial charge in [-0.05, 0) is 31.5 Å². The molecule has 0 radical (unpaired) electrons. The number of hydrogen-bond acceptors (Lipinski definition) is 3. The zero-order chi connectivity index (χ0) is 14.2. The lowest BCUT2D eigenvalue weighted by atomic mass is 9.85. The molecule has 0 atom stereocenters. The third-order valence-electron chi connectivity index (χ3n) is 3.23. The van der Waals surface area contributed by atoms with Crippen molar-refractivity contribution in [2.45, 2.75) is 19.3 Å². The first-order chi connectivity index (χ1) is 8.84. The number of carboxylic acids is 1. The number of aliphatic carboxylic acids is 1. The van der Waals surface area contributed by atoms with Gasteiger partial charge < -0.3 is 10.4 Å². The second kappa shape index (κ2) is 4.38. The topological polar surface area (TPSA) is 86.7 Å².